The normalized spacial score (nSPS) is 59.5. The topological polar surface area (TPSA) is 217 Å². The minimum atomic E-state index is -1.75. The van der Waals surface area contributed by atoms with Crippen LogP contribution in [0.2, 0.25) is 0 Å². The number of aliphatic hydroxyl groups is 8. The summed E-state index contributed by atoms with van der Waals surface area (Å²) >= 11 is 0. The lowest BCUT2D eigenvalue weighted by Gasteiger charge is -2.62. The Bertz CT molecular complexity index is 1290. The molecule has 8 rings (SSSR count). The summed E-state index contributed by atoms with van der Waals surface area (Å²) in [4.78, 5) is 0. The zero-order valence-corrected chi connectivity index (χ0v) is 31.6. The Balaban J connectivity index is 0.912. The van der Waals surface area contributed by atoms with Crippen LogP contribution in [0.5, 0.6) is 0 Å². The summed E-state index contributed by atoms with van der Waals surface area (Å²) in [6.07, 6.45) is -7.80. The summed E-state index contributed by atoms with van der Waals surface area (Å²) in [5, 5.41) is 84.5. The molecule has 0 amide bonds. The highest BCUT2D eigenvalue weighted by Gasteiger charge is 2.69. The van der Waals surface area contributed by atoms with Crippen LogP contribution in [0.4, 0.5) is 0 Å². The first-order valence-electron chi connectivity index (χ1n) is 20.4. The highest BCUT2D eigenvalue weighted by molar-refractivity contribution is 5.16. The first kappa shape index (κ1) is 39.3. The van der Waals surface area contributed by atoms with E-state index in [1.165, 1.54) is 0 Å². The first-order chi connectivity index (χ1) is 25.2. The number of fused-ring (bicyclic) bond motifs is 7. The molecular weight excluding hydrogens is 692 g/mol. The Hall–Kier alpha value is -0.560. The SMILES string of the molecule is C[C@H]1CC[C@@]2(OC1)O[C@H]1C[C@H]3[C@@H]4CC[C@@H]5C[C@@H](O[C@@H]6O[C@H](CO)[C@H](O[C@@H]7O[C@H](CO)[C@@H](O)[C@H](O)[C@H]7O)[C@H](O)[C@H]6O)[C@@H](O)C[C@]5(C)[C@H]4CC[C@]3(C)[C@H]1[C@@H]2C. The van der Waals surface area contributed by atoms with Crippen molar-refractivity contribution in [3.63, 3.8) is 0 Å². The Morgan fingerprint density at radius 3 is 2.09 bits per heavy atom. The molecule has 0 unspecified atom stereocenters. The summed E-state index contributed by atoms with van der Waals surface area (Å²) in [7, 11) is 0. The van der Waals surface area contributed by atoms with Gasteiger partial charge in [0.2, 0.25) is 0 Å². The van der Waals surface area contributed by atoms with Crippen molar-refractivity contribution in [2.45, 2.75) is 171 Å². The summed E-state index contributed by atoms with van der Waals surface area (Å²) in [6.45, 7) is 8.96. The third-order valence-corrected chi connectivity index (χ3v) is 16.2. The van der Waals surface area contributed by atoms with E-state index in [1.807, 2.05) is 0 Å². The predicted octanol–water partition coefficient (Wildman–Crippen LogP) is 0.413. The molecule has 14 heteroatoms. The van der Waals surface area contributed by atoms with E-state index >= 15 is 0 Å². The van der Waals surface area contributed by atoms with Crippen LogP contribution >= 0.6 is 0 Å². The Morgan fingerprint density at radius 2 is 1.40 bits per heavy atom. The lowest BCUT2D eigenvalue weighted by Crippen LogP contribution is -2.65. The van der Waals surface area contributed by atoms with Gasteiger partial charge in [-0.2, -0.15) is 0 Å². The second-order valence-corrected chi connectivity index (χ2v) is 18.9. The van der Waals surface area contributed by atoms with E-state index in [-0.39, 0.29) is 16.9 Å². The van der Waals surface area contributed by atoms with E-state index in [0.29, 0.717) is 54.3 Å². The molecular formula is C39H64O14. The molecule has 0 aromatic rings. The molecule has 4 heterocycles. The molecule has 8 aliphatic rings. The fourth-order valence-electron chi connectivity index (χ4n) is 13.3. The van der Waals surface area contributed by atoms with E-state index < -0.39 is 92.6 Å². The van der Waals surface area contributed by atoms with E-state index in [9.17, 15) is 40.9 Å². The molecule has 8 fully saturated rings. The van der Waals surface area contributed by atoms with Crippen LogP contribution in [-0.2, 0) is 28.4 Å². The maximum absolute atomic E-state index is 11.7. The van der Waals surface area contributed by atoms with Gasteiger partial charge in [0.25, 0.3) is 0 Å². The highest BCUT2D eigenvalue weighted by Crippen LogP contribution is 2.71. The van der Waals surface area contributed by atoms with Crippen LogP contribution in [0.3, 0.4) is 0 Å². The van der Waals surface area contributed by atoms with Crippen LogP contribution in [0.25, 0.3) is 0 Å². The lowest BCUT2D eigenvalue weighted by molar-refractivity contribution is -0.366. The fourth-order valence-corrected chi connectivity index (χ4v) is 13.3. The Labute approximate surface area is 312 Å². The van der Waals surface area contributed by atoms with Crippen molar-refractivity contribution < 1.29 is 69.3 Å². The number of rotatable bonds is 6. The van der Waals surface area contributed by atoms with Crippen LogP contribution in [0.1, 0.15) is 85.5 Å². The van der Waals surface area contributed by atoms with Crippen molar-refractivity contribution in [2.75, 3.05) is 19.8 Å². The Morgan fingerprint density at radius 1 is 0.698 bits per heavy atom. The lowest BCUT2D eigenvalue weighted by atomic mass is 9.44. The minimum Gasteiger partial charge on any atom is -0.394 e. The quantitative estimate of drug-likeness (QED) is 0.173. The number of aliphatic hydroxyl groups excluding tert-OH is 8. The standard InChI is InChI=1S/C39H64O14/c1-17-7-10-39(48-16-17)18(2)28-25(53-39)12-22-20-6-5-19-11-24(23(42)13-38(19,4)21(20)8-9-37(22,28)3)49-35-33(47)31(45)34(27(15-41)51-35)52-36-32(46)30(44)29(43)26(14-40)50-36/h17-36,40-47H,5-16H2,1-4H3/t17-,18-,19+,20+,21-,22-,23-,24+,25-,26+,27+,28-,29+,30-,31+,32+,33+,34-,35+,36-,37-,38-,39+/m0/s1. The zero-order valence-electron chi connectivity index (χ0n) is 31.6. The first-order valence-corrected chi connectivity index (χ1v) is 20.4. The Kier molecular flexibility index (Phi) is 10.6. The second kappa shape index (κ2) is 14.4. The zero-order chi connectivity index (χ0) is 37.8. The van der Waals surface area contributed by atoms with E-state index in [4.69, 9.17) is 28.4 Å². The minimum absolute atomic E-state index is 0.0823. The van der Waals surface area contributed by atoms with Gasteiger partial charge in [-0.1, -0.05) is 27.7 Å². The van der Waals surface area contributed by atoms with Crippen LogP contribution in [0, 0.1) is 52.3 Å². The number of hydrogen-bond donors (Lipinski definition) is 8. The molecule has 23 atom stereocenters. The molecule has 4 saturated carbocycles. The van der Waals surface area contributed by atoms with Crippen molar-refractivity contribution >= 4 is 0 Å². The third kappa shape index (κ3) is 6.20. The van der Waals surface area contributed by atoms with Crippen LogP contribution in [0.15, 0.2) is 0 Å². The summed E-state index contributed by atoms with van der Waals surface area (Å²) in [5.41, 5.74) is 0.118. The van der Waals surface area contributed by atoms with Gasteiger partial charge in [0.15, 0.2) is 18.4 Å². The number of ether oxygens (including phenoxy) is 6. The summed E-state index contributed by atoms with van der Waals surface area (Å²) in [5.74, 6) is 2.90. The molecule has 4 aliphatic heterocycles. The van der Waals surface area contributed by atoms with Gasteiger partial charge in [-0.15, -0.1) is 0 Å². The molecule has 53 heavy (non-hydrogen) atoms. The third-order valence-electron chi connectivity index (χ3n) is 16.2. The molecule has 0 aromatic heterocycles. The van der Waals surface area contributed by atoms with Crippen molar-refractivity contribution in [2.24, 2.45) is 52.3 Å². The maximum atomic E-state index is 11.7. The van der Waals surface area contributed by atoms with Crippen molar-refractivity contribution in [3.8, 4) is 0 Å². The monoisotopic (exact) mass is 756 g/mol. The van der Waals surface area contributed by atoms with Gasteiger partial charge in [-0.3, -0.25) is 0 Å². The molecule has 14 nitrogen and oxygen atoms in total. The van der Waals surface area contributed by atoms with E-state index in [1.54, 1.807) is 0 Å². The highest BCUT2D eigenvalue weighted by atomic mass is 16.7. The molecule has 1 spiro atoms. The molecule has 4 aliphatic carbocycles. The van der Waals surface area contributed by atoms with Crippen molar-refractivity contribution in [1.82, 2.24) is 0 Å². The van der Waals surface area contributed by atoms with Gasteiger partial charge >= 0.3 is 0 Å². The maximum Gasteiger partial charge on any atom is 0.187 e. The summed E-state index contributed by atoms with van der Waals surface area (Å²) < 4.78 is 36.7. The molecule has 0 radical (unpaired) electrons. The van der Waals surface area contributed by atoms with Crippen LogP contribution in [-0.4, -0.2) is 146 Å². The van der Waals surface area contributed by atoms with Crippen molar-refractivity contribution in [1.29, 1.82) is 0 Å². The van der Waals surface area contributed by atoms with E-state index in [0.717, 1.165) is 51.6 Å². The average molecular weight is 757 g/mol. The van der Waals surface area contributed by atoms with Gasteiger partial charge in [0, 0.05) is 12.3 Å². The summed E-state index contributed by atoms with van der Waals surface area (Å²) in [6, 6.07) is 0. The largest absolute Gasteiger partial charge is 0.394 e. The van der Waals surface area contributed by atoms with Gasteiger partial charge in [-0.25, -0.2) is 0 Å². The predicted molar refractivity (Wildman–Crippen MR) is 184 cm³/mol. The molecule has 4 saturated heterocycles. The van der Waals surface area contributed by atoms with Gasteiger partial charge in [0.1, 0.15) is 48.8 Å². The fraction of sp³-hybridized carbons (Fsp3) is 1.00. The van der Waals surface area contributed by atoms with Crippen molar-refractivity contribution in [3.05, 3.63) is 0 Å². The van der Waals surface area contributed by atoms with Crippen LogP contribution < -0.4 is 0 Å². The number of hydrogen-bond acceptors (Lipinski definition) is 14. The van der Waals surface area contributed by atoms with Gasteiger partial charge in [0.05, 0.1) is 38.1 Å². The molecule has 8 N–H and O–H groups in total. The second-order valence-electron chi connectivity index (χ2n) is 18.9. The van der Waals surface area contributed by atoms with E-state index in [2.05, 4.69) is 27.7 Å². The smallest absolute Gasteiger partial charge is 0.187 e. The van der Waals surface area contributed by atoms with Gasteiger partial charge < -0.3 is 69.3 Å². The molecule has 0 aromatic carbocycles. The molecule has 0 bridgehead atoms. The molecule has 304 valence electrons. The average Bonchev–Trinajstić information content (AvgIpc) is 3.58. The van der Waals surface area contributed by atoms with Gasteiger partial charge in [-0.05, 0) is 97.7 Å².